The zero-order chi connectivity index (χ0) is 11.1. The van der Waals surface area contributed by atoms with Crippen LogP contribution in [-0.2, 0) is 0 Å². The van der Waals surface area contributed by atoms with Gasteiger partial charge in [-0.05, 0) is 34.9 Å². The molecular formula is C11H12IN3. The lowest BCUT2D eigenvalue weighted by Crippen LogP contribution is -2.19. The van der Waals surface area contributed by atoms with E-state index in [1.165, 1.54) is 6.34 Å². The van der Waals surface area contributed by atoms with Gasteiger partial charge in [0.25, 0.3) is 0 Å². The molecule has 0 aliphatic rings. The fourth-order valence-corrected chi connectivity index (χ4v) is 1.69. The standard InChI is InChI=1S/C11H12IN3/c1-3-14-11(15-8-13-2)9-6-4-5-7-10(9)12/h3-8H,1H2,2H3,(H,13,14,15). The van der Waals surface area contributed by atoms with Crippen LogP contribution in [0.5, 0.6) is 0 Å². The van der Waals surface area contributed by atoms with Crippen molar-refractivity contribution in [3.63, 3.8) is 0 Å². The van der Waals surface area contributed by atoms with Gasteiger partial charge < -0.3 is 5.32 Å². The largest absolute Gasteiger partial charge is 0.347 e. The van der Waals surface area contributed by atoms with Crippen LogP contribution >= 0.6 is 22.6 Å². The number of benzene rings is 1. The predicted octanol–water partition coefficient (Wildman–Crippen LogP) is 2.43. The molecule has 1 N–H and O–H groups in total. The van der Waals surface area contributed by atoms with Gasteiger partial charge in [0.2, 0.25) is 0 Å². The Labute approximate surface area is 103 Å². The number of hydrogen-bond acceptors (Lipinski definition) is 1. The highest BCUT2D eigenvalue weighted by Crippen LogP contribution is 2.11. The van der Waals surface area contributed by atoms with E-state index in [0.717, 1.165) is 15.0 Å². The topological polar surface area (TPSA) is 36.8 Å². The molecule has 1 aromatic carbocycles. The molecule has 0 bridgehead atoms. The van der Waals surface area contributed by atoms with E-state index < -0.39 is 0 Å². The number of nitrogens with zero attached hydrogens (tertiary/aromatic N) is 2. The third-order valence-electron chi connectivity index (χ3n) is 1.67. The molecule has 0 spiro atoms. The lowest BCUT2D eigenvalue weighted by atomic mass is 10.2. The van der Waals surface area contributed by atoms with Crippen LogP contribution < -0.4 is 5.32 Å². The van der Waals surface area contributed by atoms with E-state index in [4.69, 9.17) is 0 Å². The molecule has 0 saturated carbocycles. The zero-order valence-corrected chi connectivity index (χ0v) is 10.6. The van der Waals surface area contributed by atoms with Gasteiger partial charge in [-0.1, -0.05) is 24.8 Å². The van der Waals surface area contributed by atoms with Gasteiger partial charge >= 0.3 is 0 Å². The first-order chi connectivity index (χ1) is 7.29. The summed E-state index contributed by atoms with van der Waals surface area (Å²) in [6, 6.07) is 7.99. The minimum atomic E-state index is 0.751. The van der Waals surface area contributed by atoms with Gasteiger partial charge in [-0.15, -0.1) is 0 Å². The molecule has 0 atom stereocenters. The number of aliphatic imine (C=N–C) groups is 2. The highest BCUT2D eigenvalue weighted by Gasteiger charge is 2.04. The Bertz CT molecular complexity index is 397. The van der Waals surface area contributed by atoms with Gasteiger partial charge in [-0.25, -0.2) is 4.99 Å². The molecule has 15 heavy (non-hydrogen) atoms. The molecule has 1 aromatic rings. The fourth-order valence-electron chi connectivity index (χ4n) is 1.05. The minimum Gasteiger partial charge on any atom is -0.347 e. The molecule has 0 aliphatic carbocycles. The summed E-state index contributed by atoms with van der Waals surface area (Å²) in [6.45, 7) is 3.62. The molecule has 0 amide bonds. The van der Waals surface area contributed by atoms with Crippen LogP contribution in [0, 0.1) is 3.57 Å². The smallest absolute Gasteiger partial charge is 0.140 e. The molecule has 0 saturated heterocycles. The predicted molar refractivity (Wildman–Crippen MR) is 73.4 cm³/mol. The molecule has 4 heteroatoms. The lowest BCUT2D eigenvalue weighted by Gasteiger charge is -2.06. The molecule has 0 radical (unpaired) electrons. The number of rotatable bonds is 3. The summed E-state index contributed by atoms with van der Waals surface area (Å²) in [5.74, 6) is 0.751. The van der Waals surface area contributed by atoms with Crippen molar-refractivity contribution in [3.05, 3.63) is 46.2 Å². The number of nitrogens with one attached hydrogen (secondary N) is 1. The Balaban J connectivity index is 3.09. The van der Waals surface area contributed by atoms with E-state index in [2.05, 4.69) is 44.5 Å². The van der Waals surface area contributed by atoms with Gasteiger partial charge in [0.15, 0.2) is 0 Å². The van der Waals surface area contributed by atoms with Crippen molar-refractivity contribution in [2.45, 2.75) is 0 Å². The van der Waals surface area contributed by atoms with Crippen LogP contribution in [0.15, 0.2) is 47.0 Å². The van der Waals surface area contributed by atoms with Crippen LogP contribution in [-0.4, -0.2) is 19.2 Å². The zero-order valence-electron chi connectivity index (χ0n) is 8.44. The van der Waals surface area contributed by atoms with Crippen LogP contribution in [0.4, 0.5) is 0 Å². The highest BCUT2D eigenvalue weighted by molar-refractivity contribution is 14.1. The molecule has 0 aliphatic heterocycles. The average Bonchev–Trinajstić information content (AvgIpc) is 2.25. The summed E-state index contributed by atoms with van der Waals surface area (Å²) in [5, 5.41) is 2.99. The van der Waals surface area contributed by atoms with E-state index in [9.17, 15) is 0 Å². The van der Waals surface area contributed by atoms with Crippen molar-refractivity contribution in [2.75, 3.05) is 7.05 Å². The molecule has 1 rings (SSSR count). The molecular weight excluding hydrogens is 301 g/mol. The summed E-state index contributed by atoms with van der Waals surface area (Å²) >= 11 is 2.27. The second kappa shape index (κ2) is 6.34. The summed E-state index contributed by atoms with van der Waals surface area (Å²) < 4.78 is 1.13. The van der Waals surface area contributed by atoms with Crippen LogP contribution in [0.3, 0.4) is 0 Å². The molecule has 0 fully saturated rings. The maximum absolute atomic E-state index is 4.20. The second-order valence-electron chi connectivity index (χ2n) is 2.68. The van der Waals surface area contributed by atoms with Gasteiger partial charge in [0.1, 0.15) is 12.2 Å². The van der Waals surface area contributed by atoms with Crippen LogP contribution in [0.2, 0.25) is 0 Å². The maximum Gasteiger partial charge on any atom is 0.140 e. The molecule has 3 nitrogen and oxygen atoms in total. The number of halogens is 1. The van der Waals surface area contributed by atoms with Crippen LogP contribution in [0.1, 0.15) is 5.56 Å². The first-order valence-electron chi connectivity index (χ1n) is 4.40. The van der Waals surface area contributed by atoms with E-state index in [-0.39, 0.29) is 0 Å². The van der Waals surface area contributed by atoms with E-state index in [0.29, 0.717) is 0 Å². The highest BCUT2D eigenvalue weighted by atomic mass is 127. The quantitative estimate of drug-likeness (QED) is 0.519. The summed E-state index contributed by atoms with van der Waals surface area (Å²) in [7, 11) is 1.69. The third-order valence-corrected chi connectivity index (χ3v) is 2.61. The Morgan fingerprint density at radius 1 is 1.47 bits per heavy atom. The maximum atomic E-state index is 4.20. The Hall–Kier alpha value is -1.17. The normalized spacial score (nSPS) is 11.7. The Morgan fingerprint density at radius 3 is 2.80 bits per heavy atom. The third kappa shape index (κ3) is 3.47. The summed E-state index contributed by atoms with van der Waals surface area (Å²) in [5.41, 5.74) is 1.04. The number of amidine groups is 1. The summed E-state index contributed by atoms with van der Waals surface area (Å²) in [6.07, 6.45) is 3.11. The SMILES string of the molecule is C=CNC(=NC=NC)c1ccccc1I. The fraction of sp³-hybridized carbons (Fsp3) is 0.0909. The number of hydrogen-bond donors (Lipinski definition) is 1. The van der Waals surface area contributed by atoms with Crippen molar-refractivity contribution in [1.82, 2.24) is 5.32 Å². The monoisotopic (exact) mass is 313 g/mol. The van der Waals surface area contributed by atoms with Gasteiger partial charge in [0.05, 0.1) is 0 Å². The van der Waals surface area contributed by atoms with Crippen molar-refractivity contribution in [1.29, 1.82) is 0 Å². The molecule has 0 aromatic heterocycles. The van der Waals surface area contributed by atoms with Crippen molar-refractivity contribution in [3.8, 4) is 0 Å². The van der Waals surface area contributed by atoms with Crippen LogP contribution in [0.25, 0.3) is 0 Å². The van der Waals surface area contributed by atoms with E-state index in [1.807, 2.05) is 24.3 Å². The summed E-state index contributed by atoms with van der Waals surface area (Å²) in [4.78, 5) is 8.02. The van der Waals surface area contributed by atoms with E-state index in [1.54, 1.807) is 13.2 Å². The van der Waals surface area contributed by atoms with Crippen molar-refractivity contribution >= 4 is 34.8 Å². The van der Waals surface area contributed by atoms with Crippen molar-refractivity contribution in [2.24, 2.45) is 9.98 Å². The van der Waals surface area contributed by atoms with E-state index >= 15 is 0 Å². The van der Waals surface area contributed by atoms with Gasteiger partial charge in [-0.2, -0.15) is 0 Å². The molecule has 0 heterocycles. The average molecular weight is 313 g/mol. The molecule has 78 valence electrons. The minimum absolute atomic E-state index is 0.751. The van der Waals surface area contributed by atoms with Crippen molar-refractivity contribution < 1.29 is 0 Å². The molecule has 0 unspecified atom stereocenters. The first kappa shape index (κ1) is 11.9. The van der Waals surface area contributed by atoms with Gasteiger partial charge in [-0.3, -0.25) is 4.99 Å². The Kier molecular flexibility index (Phi) is 5.03. The lowest BCUT2D eigenvalue weighted by molar-refractivity contribution is 1.26. The Morgan fingerprint density at radius 2 is 2.20 bits per heavy atom. The second-order valence-corrected chi connectivity index (χ2v) is 3.84. The first-order valence-corrected chi connectivity index (χ1v) is 5.48. The van der Waals surface area contributed by atoms with Gasteiger partial charge in [0, 0.05) is 16.2 Å².